The lowest BCUT2D eigenvalue weighted by atomic mass is 9.91. The largest absolute Gasteiger partial charge is 0.465 e. The summed E-state index contributed by atoms with van der Waals surface area (Å²) in [5, 5.41) is 12.9. The second kappa shape index (κ2) is 5.39. The van der Waals surface area contributed by atoms with Crippen LogP contribution in [0, 0.1) is 11.8 Å². The van der Waals surface area contributed by atoms with Gasteiger partial charge < -0.3 is 14.8 Å². The van der Waals surface area contributed by atoms with E-state index in [0.29, 0.717) is 17.4 Å². The van der Waals surface area contributed by atoms with Crippen molar-refractivity contribution in [2.24, 2.45) is 17.0 Å². The highest BCUT2D eigenvalue weighted by Gasteiger charge is 2.47. The molecule has 2 aliphatic rings. The maximum atomic E-state index is 11.9. The van der Waals surface area contributed by atoms with Gasteiger partial charge in [-0.2, -0.15) is 0 Å². The third-order valence-electron chi connectivity index (χ3n) is 4.86. The lowest BCUT2D eigenvalue weighted by molar-refractivity contribution is 0.0601. The predicted octanol–water partition coefficient (Wildman–Crippen LogP) is 2.54. The van der Waals surface area contributed by atoms with E-state index in [1.807, 2.05) is 25.2 Å². The number of fused-ring (bicyclic) bond motifs is 2. The summed E-state index contributed by atoms with van der Waals surface area (Å²) >= 11 is 0. The van der Waals surface area contributed by atoms with Crippen molar-refractivity contribution in [3.63, 3.8) is 0 Å². The van der Waals surface area contributed by atoms with E-state index < -0.39 is 0 Å². The number of rotatable bonds is 3. The normalized spacial score (nSPS) is 28.9. The Labute approximate surface area is 124 Å². The van der Waals surface area contributed by atoms with Crippen molar-refractivity contribution in [1.29, 1.82) is 0 Å². The lowest BCUT2D eigenvalue weighted by Gasteiger charge is -2.34. The molecule has 0 saturated heterocycles. The van der Waals surface area contributed by atoms with Crippen LogP contribution < -0.4 is 4.90 Å². The number of para-hydroxylation sites is 1. The first kappa shape index (κ1) is 13.9. The molecule has 0 aliphatic heterocycles. The zero-order chi connectivity index (χ0) is 15.0. The Bertz CT molecular complexity index is 585. The minimum absolute atomic E-state index is 0.0690. The molecule has 0 heterocycles. The molecule has 0 radical (unpaired) electrons. The first-order valence-corrected chi connectivity index (χ1v) is 7.29. The van der Waals surface area contributed by atoms with E-state index in [1.165, 1.54) is 7.11 Å². The van der Waals surface area contributed by atoms with Gasteiger partial charge in [-0.05, 0) is 37.3 Å². The average molecular weight is 288 g/mol. The van der Waals surface area contributed by atoms with Crippen molar-refractivity contribution in [3.05, 3.63) is 29.8 Å². The molecule has 3 rings (SSSR count). The number of methoxy groups -OCH3 is 1. The number of esters is 1. The van der Waals surface area contributed by atoms with Crippen LogP contribution in [0.1, 0.15) is 29.6 Å². The Morgan fingerprint density at radius 2 is 2.14 bits per heavy atom. The number of hydrogen-bond acceptors (Lipinski definition) is 5. The zero-order valence-electron chi connectivity index (χ0n) is 12.3. The van der Waals surface area contributed by atoms with Gasteiger partial charge in [0, 0.05) is 13.0 Å². The number of benzene rings is 1. The molecule has 21 heavy (non-hydrogen) atoms. The molecule has 0 aromatic heterocycles. The van der Waals surface area contributed by atoms with Gasteiger partial charge in [0.1, 0.15) is 0 Å². The van der Waals surface area contributed by atoms with Crippen LogP contribution in [0.2, 0.25) is 0 Å². The van der Waals surface area contributed by atoms with Crippen molar-refractivity contribution in [2.75, 3.05) is 19.1 Å². The molecule has 5 heteroatoms. The molecule has 112 valence electrons. The second-order valence-corrected chi connectivity index (χ2v) is 5.86. The molecule has 2 aliphatic carbocycles. The summed E-state index contributed by atoms with van der Waals surface area (Å²) in [5.74, 6) is 0.539. The van der Waals surface area contributed by atoms with Crippen LogP contribution in [0.25, 0.3) is 0 Å². The average Bonchev–Trinajstić information content (AvgIpc) is 3.14. The molecule has 5 nitrogen and oxygen atoms in total. The first-order valence-electron chi connectivity index (χ1n) is 7.29. The van der Waals surface area contributed by atoms with E-state index in [9.17, 15) is 10.0 Å². The fourth-order valence-corrected chi connectivity index (χ4v) is 3.92. The fourth-order valence-electron chi connectivity index (χ4n) is 3.92. The highest BCUT2D eigenvalue weighted by atomic mass is 16.5. The molecule has 1 aromatic rings. The molecule has 1 N–H and O–H groups in total. The number of oxime groups is 1. The molecular formula is C16H20N2O3. The summed E-state index contributed by atoms with van der Waals surface area (Å²) in [5.41, 5.74) is 2.22. The van der Waals surface area contributed by atoms with Crippen LogP contribution in [-0.4, -0.2) is 37.1 Å². The number of carbonyl (C=O) groups is 1. The third kappa shape index (κ3) is 2.17. The van der Waals surface area contributed by atoms with Gasteiger partial charge in [-0.1, -0.05) is 17.3 Å². The van der Waals surface area contributed by atoms with Gasteiger partial charge in [0.25, 0.3) is 0 Å². The maximum absolute atomic E-state index is 11.9. The van der Waals surface area contributed by atoms with Crippen molar-refractivity contribution in [3.8, 4) is 0 Å². The van der Waals surface area contributed by atoms with Crippen LogP contribution in [0.4, 0.5) is 5.69 Å². The monoisotopic (exact) mass is 288 g/mol. The van der Waals surface area contributed by atoms with E-state index in [1.54, 1.807) is 6.07 Å². The number of nitrogens with zero attached hydrogens (tertiary/aromatic N) is 2. The Kier molecular flexibility index (Phi) is 3.57. The molecule has 2 saturated carbocycles. The highest BCUT2D eigenvalue weighted by Crippen LogP contribution is 2.45. The predicted molar refractivity (Wildman–Crippen MR) is 80.0 cm³/mol. The quantitative estimate of drug-likeness (QED) is 0.527. The number of ether oxygens (including phenoxy) is 1. The zero-order valence-corrected chi connectivity index (χ0v) is 12.3. The summed E-state index contributed by atoms with van der Waals surface area (Å²) in [6.07, 6.45) is 3.33. The summed E-state index contributed by atoms with van der Waals surface area (Å²) in [7, 11) is 3.34. The Morgan fingerprint density at radius 1 is 1.38 bits per heavy atom. The lowest BCUT2D eigenvalue weighted by Crippen LogP contribution is -2.43. The van der Waals surface area contributed by atoms with Gasteiger partial charge in [0.15, 0.2) is 0 Å². The fraction of sp³-hybridized carbons (Fsp3) is 0.500. The summed E-state index contributed by atoms with van der Waals surface area (Å²) in [6, 6.07) is 7.47. The summed E-state index contributed by atoms with van der Waals surface area (Å²) < 4.78 is 4.86. The smallest absolute Gasteiger partial charge is 0.339 e. The van der Waals surface area contributed by atoms with Crippen LogP contribution >= 0.6 is 0 Å². The number of anilines is 1. The molecule has 1 aromatic carbocycles. The van der Waals surface area contributed by atoms with Gasteiger partial charge in [-0.3, -0.25) is 0 Å². The Balaban J connectivity index is 1.96. The molecule has 3 atom stereocenters. The number of carbonyl (C=O) groups excluding carboxylic acids is 1. The number of hydrogen-bond donors (Lipinski definition) is 1. The molecule has 2 fully saturated rings. The van der Waals surface area contributed by atoms with E-state index in [-0.39, 0.29) is 12.0 Å². The van der Waals surface area contributed by atoms with E-state index in [4.69, 9.17) is 4.74 Å². The van der Waals surface area contributed by atoms with Crippen LogP contribution in [0.15, 0.2) is 29.4 Å². The summed E-state index contributed by atoms with van der Waals surface area (Å²) in [4.78, 5) is 14.0. The van der Waals surface area contributed by atoms with Gasteiger partial charge in [0.05, 0.1) is 30.1 Å². The van der Waals surface area contributed by atoms with Gasteiger partial charge in [-0.15, -0.1) is 0 Å². The van der Waals surface area contributed by atoms with Gasteiger partial charge in [-0.25, -0.2) is 4.79 Å². The standard InChI is InChI=1S/C16H20N2O3/c1-18(13-6-4-3-5-12(13)16(19)21-2)15-11-8-7-10(9-11)14(15)17-20/h3-6,10-11,15,20H,7-9H2,1-2H3. The van der Waals surface area contributed by atoms with Crippen molar-refractivity contribution < 1.29 is 14.7 Å². The van der Waals surface area contributed by atoms with Crippen molar-refractivity contribution in [1.82, 2.24) is 0 Å². The Hall–Kier alpha value is -2.04. The Morgan fingerprint density at radius 3 is 2.86 bits per heavy atom. The van der Waals surface area contributed by atoms with Gasteiger partial charge >= 0.3 is 5.97 Å². The molecule has 2 bridgehead atoms. The maximum Gasteiger partial charge on any atom is 0.339 e. The highest BCUT2D eigenvalue weighted by molar-refractivity contribution is 6.00. The third-order valence-corrected chi connectivity index (χ3v) is 4.86. The molecule has 3 unspecified atom stereocenters. The van der Waals surface area contributed by atoms with E-state index in [2.05, 4.69) is 10.1 Å². The minimum Gasteiger partial charge on any atom is -0.465 e. The van der Waals surface area contributed by atoms with Gasteiger partial charge in [0.2, 0.25) is 0 Å². The SMILES string of the molecule is COC(=O)c1ccccc1N(C)C1C(=NO)C2CCC1C2. The minimum atomic E-state index is -0.344. The molecular weight excluding hydrogens is 268 g/mol. The summed E-state index contributed by atoms with van der Waals surface area (Å²) in [6.45, 7) is 0. The van der Waals surface area contributed by atoms with E-state index in [0.717, 1.165) is 30.7 Å². The first-order chi connectivity index (χ1) is 10.2. The van der Waals surface area contributed by atoms with Crippen molar-refractivity contribution in [2.45, 2.75) is 25.3 Å². The van der Waals surface area contributed by atoms with Crippen molar-refractivity contribution >= 4 is 17.4 Å². The second-order valence-electron chi connectivity index (χ2n) is 5.86. The van der Waals surface area contributed by atoms with Crippen LogP contribution in [0.5, 0.6) is 0 Å². The van der Waals surface area contributed by atoms with Crippen LogP contribution in [0.3, 0.4) is 0 Å². The van der Waals surface area contributed by atoms with Crippen LogP contribution in [-0.2, 0) is 4.74 Å². The molecule has 0 spiro atoms. The van der Waals surface area contributed by atoms with E-state index >= 15 is 0 Å². The molecule has 0 amide bonds. The topological polar surface area (TPSA) is 62.1 Å².